The molecule has 0 aromatic rings. The third-order valence-electron chi connectivity index (χ3n) is 3.88. The molecule has 2 saturated heterocycles. The molecule has 4 N–H and O–H groups in total. The number of hydrogen-bond acceptors (Lipinski definition) is 5. The van der Waals surface area contributed by atoms with Crippen molar-refractivity contribution in [2.24, 2.45) is 0 Å². The van der Waals surface area contributed by atoms with Crippen LogP contribution in [0.5, 0.6) is 0 Å². The maximum atomic E-state index is 8.75. The lowest BCUT2D eigenvalue weighted by Gasteiger charge is -2.31. The number of fused-ring (bicyclic) bond motifs is 1. The second-order valence-corrected chi connectivity index (χ2v) is 5.17. The fraction of sp³-hybridized carbons (Fsp3) is 1.00. The normalized spacial score (nSPS) is 29.3. The monoisotopic (exact) mass is 241 g/mol. The van der Waals surface area contributed by atoms with Gasteiger partial charge >= 0.3 is 7.12 Å². The van der Waals surface area contributed by atoms with E-state index in [0.717, 1.165) is 45.6 Å². The summed E-state index contributed by atoms with van der Waals surface area (Å²) in [4.78, 5) is 2.54. The molecular formula is C11H24BN3O2. The molecule has 98 valence electrons. The molecule has 2 rings (SSSR count). The maximum absolute atomic E-state index is 8.75. The fourth-order valence-corrected chi connectivity index (χ4v) is 2.91. The van der Waals surface area contributed by atoms with Crippen molar-refractivity contribution >= 4 is 7.12 Å². The van der Waals surface area contributed by atoms with Crippen molar-refractivity contribution in [2.45, 2.75) is 44.1 Å². The largest absolute Gasteiger partial charge is 0.451 e. The first kappa shape index (κ1) is 13.3. The molecule has 17 heavy (non-hydrogen) atoms. The number of nitrogens with zero attached hydrogens (tertiary/aromatic N) is 1. The molecule has 0 aromatic heterocycles. The second kappa shape index (κ2) is 6.71. The number of nitrogens with one attached hydrogen (secondary N) is 2. The molecule has 0 radical (unpaired) electrons. The van der Waals surface area contributed by atoms with E-state index in [4.69, 9.17) is 10.0 Å². The van der Waals surface area contributed by atoms with E-state index in [1.165, 1.54) is 6.42 Å². The Kier molecular flexibility index (Phi) is 5.25. The topological polar surface area (TPSA) is 67.8 Å². The molecule has 2 aliphatic rings. The van der Waals surface area contributed by atoms with Crippen molar-refractivity contribution in [3.8, 4) is 0 Å². The van der Waals surface area contributed by atoms with Crippen molar-refractivity contribution in [1.82, 2.24) is 15.5 Å². The van der Waals surface area contributed by atoms with E-state index in [0.29, 0.717) is 18.4 Å². The fourth-order valence-electron chi connectivity index (χ4n) is 2.91. The van der Waals surface area contributed by atoms with E-state index < -0.39 is 7.12 Å². The highest BCUT2D eigenvalue weighted by molar-refractivity contribution is 6.40. The van der Waals surface area contributed by atoms with E-state index in [1.54, 1.807) is 0 Å². The quantitative estimate of drug-likeness (QED) is 0.363. The van der Waals surface area contributed by atoms with Gasteiger partial charge in [-0.2, -0.15) is 0 Å². The molecule has 0 bridgehead atoms. The van der Waals surface area contributed by atoms with Gasteiger partial charge in [-0.05, 0) is 32.3 Å². The second-order valence-electron chi connectivity index (χ2n) is 5.17. The zero-order valence-corrected chi connectivity index (χ0v) is 10.4. The summed E-state index contributed by atoms with van der Waals surface area (Å²) in [7, 11) is -1.13. The van der Waals surface area contributed by atoms with Crippen LogP contribution in [0, 0.1) is 0 Å². The predicted molar refractivity (Wildman–Crippen MR) is 68.6 cm³/mol. The van der Waals surface area contributed by atoms with E-state index in [2.05, 4.69) is 15.5 Å². The van der Waals surface area contributed by atoms with Gasteiger partial charge in [-0.25, -0.2) is 0 Å². The van der Waals surface area contributed by atoms with E-state index in [1.807, 2.05) is 0 Å². The molecular weight excluding hydrogens is 217 g/mol. The molecule has 0 aromatic carbocycles. The summed E-state index contributed by atoms with van der Waals surface area (Å²) in [6.07, 6.45) is 4.91. The van der Waals surface area contributed by atoms with Crippen LogP contribution in [0.2, 0.25) is 6.32 Å². The molecule has 0 aliphatic carbocycles. The minimum Gasteiger partial charge on any atom is -0.427 e. The molecule has 6 heteroatoms. The van der Waals surface area contributed by atoms with Crippen LogP contribution in [0.3, 0.4) is 0 Å². The predicted octanol–water partition coefficient (Wildman–Crippen LogP) is -0.777. The minimum atomic E-state index is -1.13. The molecule has 2 heterocycles. The average molecular weight is 241 g/mol. The third-order valence-corrected chi connectivity index (χ3v) is 3.88. The molecule has 5 nitrogen and oxygen atoms in total. The zero-order chi connectivity index (χ0) is 12.1. The number of piperidine rings is 1. The van der Waals surface area contributed by atoms with E-state index >= 15 is 0 Å². The molecule has 2 atom stereocenters. The summed E-state index contributed by atoms with van der Waals surface area (Å²) in [6.45, 7) is 4.38. The van der Waals surface area contributed by atoms with E-state index in [9.17, 15) is 0 Å². The van der Waals surface area contributed by atoms with Crippen molar-refractivity contribution < 1.29 is 10.0 Å². The Morgan fingerprint density at radius 3 is 2.94 bits per heavy atom. The van der Waals surface area contributed by atoms with Gasteiger partial charge in [0.1, 0.15) is 0 Å². The SMILES string of the molecule is OB(O)CCCCCN1CNC2CNCCC21. The van der Waals surface area contributed by atoms with Crippen LogP contribution in [0.1, 0.15) is 25.7 Å². The van der Waals surface area contributed by atoms with Crippen molar-refractivity contribution in [2.75, 3.05) is 26.3 Å². The maximum Gasteiger partial charge on any atom is 0.451 e. The smallest absolute Gasteiger partial charge is 0.427 e. The molecule has 2 aliphatic heterocycles. The van der Waals surface area contributed by atoms with Gasteiger partial charge in [-0.3, -0.25) is 10.2 Å². The van der Waals surface area contributed by atoms with Crippen molar-refractivity contribution in [3.05, 3.63) is 0 Å². The molecule has 0 amide bonds. The Hall–Kier alpha value is -0.135. The van der Waals surface area contributed by atoms with Crippen LogP contribution in [0.4, 0.5) is 0 Å². The van der Waals surface area contributed by atoms with Gasteiger partial charge in [0.25, 0.3) is 0 Å². The summed E-state index contributed by atoms with van der Waals surface area (Å²) in [5, 5.41) is 24.5. The molecule has 2 unspecified atom stereocenters. The third kappa shape index (κ3) is 3.93. The Bertz CT molecular complexity index is 231. The molecule has 0 spiro atoms. The van der Waals surface area contributed by atoms with Gasteiger partial charge in [0.05, 0.1) is 0 Å². The highest BCUT2D eigenvalue weighted by atomic mass is 16.4. The highest BCUT2D eigenvalue weighted by Gasteiger charge is 2.34. The number of hydrogen-bond donors (Lipinski definition) is 4. The van der Waals surface area contributed by atoms with Crippen LogP contribution in [-0.2, 0) is 0 Å². The first-order valence-electron chi connectivity index (χ1n) is 6.81. The summed E-state index contributed by atoms with van der Waals surface area (Å²) >= 11 is 0. The van der Waals surface area contributed by atoms with Gasteiger partial charge in [-0.1, -0.05) is 12.8 Å². The summed E-state index contributed by atoms with van der Waals surface area (Å²) in [5.41, 5.74) is 0. The first-order valence-corrected chi connectivity index (χ1v) is 6.81. The van der Waals surface area contributed by atoms with Gasteiger partial charge in [0, 0.05) is 25.3 Å². The lowest BCUT2D eigenvalue weighted by Crippen LogP contribution is -2.49. The minimum absolute atomic E-state index is 0.508. The Morgan fingerprint density at radius 1 is 1.24 bits per heavy atom. The molecule has 0 saturated carbocycles. The first-order chi connectivity index (χ1) is 8.27. The van der Waals surface area contributed by atoms with Crippen LogP contribution < -0.4 is 10.6 Å². The lowest BCUT2D eigenvalue weighted by molar-refractivity contribution is 0.210. The number of rotatable bonds is 6. The Labute approximate surface area is 104 Å². The van der Waals surface area contributed by atoms with Crippen molar-refractivity contribution in [1.29, 1.82) is 0 Å². The van der Waals surface area contributed by atoms with Crippen LogP contribution in [0.15, 0.2) is 0 Å². The standard InChI is InChI=1S/C11H24BN3O2/c16-12(17)5-2-1-3-7-15-9-14-10-8-13-6-4-11(10)15/h10-11,13-14,16-17H,1-9H2. The van der Waals surface area contributed by atoms with Crippen molar-refractivity contribution in [3.63, 3.8) is 0 Å². The highest BCUT2D eigenvalue weighted by Crippen LogP contribution is 2.18. The van der Waals surface area contributed by atoms with Crippen LogP contribution in [0.25, 0.3) is 0 Å². The summed E-state index contributed by atoms with van der Waals surface area (Å²) in [6, 6.07) is 1.34. The zero-order valence-electron chi connectivity index (χ0n) is 10.4. The molecule has 2 fully saturated rings. The van der Waals surface area contributed by atoms with Gasteiger partial charge in [0.2, 0.25) is 0 Å². The van der Waals surface area contributed by atoms with Gasteiger partial charge < -0.3 is 15.4 Å². The van der Waals surface area contributed by atoms with Gasteiger partial charge in [-0.15, -0.1) is 0 Å². The number of unbranched alkanes of at least 4 members (excludes halogenated alkanes) is 2. The Morgan fingerprint density at radius 2 is 2.12 bits per heavy atom. The van der Waals surface area contributed by atoms with Gasteiger partial charge in [0.15, 0.2) is 0 Å². The van der Waals surface area contributed by atoms with Crippen LogP contribution >= 0.6 is 0 Å². The summed E-state index contributed by atoms with van der Waals surface area (Å²) in [5.74, 6) is 0. The van der Waals surface area contributed by atoms with Crippen LogP contribution in [-0.4, -0.2) is 60.5 Å². The lowest BCUT2D eigenvalue weighted by atomic mass is 9.83. The average Bonchev–Trinajstić information content (AvgIpc) is 2.72. The Balaban J connectivity index is 1.59. The van der Waals surface area contributed by atoms with E-state index in [-0.39, 0.29) is 0 Å². The summed E-state index contributed by atoms with van der Waals surface area (Å²) < 4.78 is 0.